The molecule has 1 fully saturated rings. The lowest BCUT2D eigenvalue weighted by Gasteiger charge is -2.24. The van der Waals surface area contributed by atoms with E-state index in [2.05, 4.69) is 0 Å². The van der Waals surface area contributed by atoms with Gasteiger partial charge >= 0.3 is 0 Å². The maximum Gasteiger partial charge on any atom is 0.277 e. The van der Waals surface area contributed by atoms with Crippen LogP contribution in [0.1, 0.15) is 24.4 Å². The minimum Gasteiger partial charge on any atom is -0.497 e. The summed E-state index contributed by atoms with van der Waals surface area (Å²) in [6.07, 6.45) is 1.50. The van der Waals surface area contributed by atoms with E-state index in [0.717, 1.165) is 18.4 Å². The van der Waals surface area contributed by atoms with Gasteiger partial charge in [0.2, 0.25) is 0 Å². The van der Waals surface area contributed by atoms with Crippen LogP contribution in [0.2, 0.25) is 0 Å². The second-order valence-corrected chi connectivity index (χ2v) is 5.92. The Kier molecular flexibility index (Phi) is 3.98. The van der Waals surface area contributed by atoms with Crippen molar-refractivity contribution in [3.63, 3.8) is 0 Å². The Morgan fingerprint density at radius 2 is 2.05 bits per heavy atom. The van der Waals surface area contributed by atoms with E-state index < -0.39 is 10.2 Å². The Morgan fingerprint density at radius 3 is 2.63 bits per heavy atom. The second kappa shape index (κ2) is 5.36. The fourth-order valence-corrected chi connectivity index (χ4v) is 3.41. The van der Waals surface area contributed by atoms with E-state index in [9.17, 15) is 8.42 Å². The summed E-state index contributed by atoms with van der Waals surface area (Å²) < 4.78 is 35.0. The quantitative estimate of drug-likeness (QED) is 0.896. The number of methoxy groups -OCH3 is 2. The lowest BCUT2D eigenvalue weighted by atomic mass is 10.0. The van der Waals surface area contributed by atoms with E-state index >= 15 is 0 Å². The van der Waals surface area contributed by atoms with Gasteiger partial charge in [-0.1, -0.05) is 0 Å². The monoisotopic (exact) mass is 286 g/mol. The SMILES string of the molecule is COc1ccc(OC)c([C@H]2CCCN2S(N)(=O)=O)c1. The minimum absolute atomic E-state index is 0.292. The molecule has 6 nitrogen and oxygen atoms in total. The van der Waals surface area contributed by atoms with Crippen molar-refractivity contribution in [1.29, 1.82) is 0 Å². The number of hydrogen-bond acceptors (Lipinski definition) is 4. The highest BCUT2D eigenvalue weighted by molar-refractivity contribution is 7.86. The fourth-order valence-electron chi connectivity index (χ4n) is 2.46. The molecule has 1 aromatic carbocycles. The average molecular weight is 286 g/mol. The largest absolute Gasteiger partial charge is 0.497 e. The molecular formula is C12H18N2O4S. The first-order chi connectivity index (χ1) is 8.97. The van der Waals surface area contributed by atoms with Crippen LogP contribution >= 0.6 is 0 Å². The molecule has 1 atom stereocenters. The molecule has 106 valence electrons. The third-order valence-electron chi connectivity index (χ3n) is 3.33. The van der Waals surface area contributed by atoms with E-state index in [1.165, 1.54) is 4.31 Å². The maximum atomic E-state index is 11.6. The fraction of sp³-hybridized carbons (Fsp3) is 0.500. The van der Waals surface area contributed by atoms with Crippen LogP contribution in [0.4, 0.5) is 0 Å². The molecule has 2 rings (SSSR count). The molecule has 1 heterocycles. The molecule has 0 aliphatic carbocycles. The lowest BCUT2D eigenvalue weighted by molar-refractivity contribution is 0.362. The van der Waals surface area contributed by atoms with Crippen molar-refractivity contribution in [3.8, 4) is 11.5 Å². The van der Waals surface area contributed by atoms with Crippen molar-refractivity contribution in [2.75, 3.05) is 20.8 Å². The smallest absolute Gasteiger partial charge is 0.277 e. The number of nitrogens with zero attached hydrogens (tertiary/aromatic N) is 1. The Labute approximate surface area is 113 Å². The molecule has 0 aromatic heterocycles. The zero-order valence-corrected chi connectivity index (χ0v) is 11.8. The van der Waals surface area contributed by atoms with Crippen molar-refractivity contribution in [1.82, 2.24) is 4.31 Å². The van der Waals surface area contributed by atoms with Crippen LogP contribution in [-0.2, 0) is 10.2 Å². The molecule has 1 saturated heterocycles. The van der Waals surface area contributed by atoms with Crippen LogP contribution in [0, 0.1) is 0 Å². The molecule has 0 spiro atoms. The molecular weight excluding hydrogens is 268 g/mol. The van der Waals surface area contributed by atoms with Crippen LogP contribution < -0.4 is 14.6 Å². The van der Waals surface area contributed by atoms with Gasteiger partial charge in [0.05, 0.1) is 20.3 Å². The van der Waals surface area contributed by atoms with Crippen LogP contribution in [0.5, 0.6) is 11.5 Å². The summed E-state index contributed by atoms with van der Waals surface area (Å²) in [7, 11) is -0.583. The molecule has 1 aliphatic rings. The van der Waals surface area contributed by atoms with E-state index in [1.54, 1.807) is 32.4 Å². The van der Waals surface area contributed by atoms with Gasteiger partial charge in [-0.2, -0.15) is 12.7 Å². The Hall–Kier alpha value is -1.31. The summed E-state index contributed by atoms with van der Waals surface area (Å²) in [4.78, 5) is 0. The van der Waals surface area contributed by atoms with Gasteiger partial charge in [0.1, 0.15) is 11.5 Å². The molecule has 2 N–H and O–H groups in total. The van der Waals surface area contributed by atoms with Gasteiger partial charge in [0, 0.05) is 12.1 Å². The van der Waals surface area contributed by atoms with Crippen LogP contribution in [0.15, 0.2) is 18.2 Å². The summed E-state index contributed by atoms with van der Waals surface area (Å²) >= 11 is 0. The number of hydrogen-bond donors (Lipinski definition) is 1. The van der Waals surface area contributed by atoms with Crippen LogP contribution in [0.25, 0.3) is 0 Å². The molecule has 0 bridgehead atoms. The lowest BCUT2D eigenvalue weighted by Crippen LogP contribution is -2.36. The third kappa shape index (κ3) is 2.83. The number of benzene rings is 1. The minimum atomic E-state index is -3.71. The summed E-state index contributed by atoms with van der Waals surface area (Å²) in [6, 6.07) is 5.05. The molecule has 0 unspecified atom stereocenters. The van der Waals surface area contributed by atoms with Crippen molar-refractivity contribution < 1.29 is 17.9 Å². The van der Waals surface area contributed by atoms with Crippen molar-refractivity contribution in [2.24, 2.45) is 5.14 Å². The molecule has 1 aromatic rings. The van der Waals surface area contributed by atoms with E-state index in [1.807, 2.05) is 0 Å². The maximum absolute atomic E-state index is 11.6. The van der Waals surface area contributed by atoms with Gasteiger partial charge in [-0.05, 0) is 31.0 Å². The van der Waals surface area contributed by atoms with Crippen molar-refractivity contribution in [3.05, 3.63) is 23.8 Å². The first-order valence-corrected chi connectivity index (χ1v) is 7.49. The predicted octanol–water partition coefficient (Wildman–Crippen LogP) is 1.04. The third-order valence-corrected chi connectivity index (χ3v) is 4.42. The molecule has 0 saturated carbocycles. The molecule has 0 amide bonds. The van der Waals surface area contributed by atoms with Gasteiger partial charge < -0.3 is 9.47 Å². The Bertz CT molecular complexity index is 559. The van der Waals surface area contributed by atoms with E-state index in [0.29, 0.717) is 18.0 Å². The normalized spacial score (nSPS) is 20.5. The molecule has 0 radical (unpaired) electrons. The van der Waals surface area contributed by atoms with Gasteiger partial charge in [0.25, 0.3) is 10.2 Å². The zero-order valence-electron chi connectivity index (χ0n) is 11.0. The Morgan fingerprint density at radius 1 is 1.32 bits per heavy atom. The number of nitrogens with two attached hydrogens (primary N) is 1. The Balaban J connectivity index is 2.45. The van der Waals surface area contributed by atoms with Gasteiger partial charge in [-0.3, -0.25) is 0 Å². The zero-order chi connectivity index (χ0) is 14.0. The molecule has 7 heteroatoms. The van der Waals surface area contributed by atoms with Gasteiger partial charge in [-0.15, -0.1) is 0 Å². The highest BCUT2D eigenvalue weighted by Crippen LogP contribution is 2.39. The predicted molar refractivity (Wildman–Crippen MR) is 71.3 cm³/mol. The van der Waals surface area contributed by atoms with Crippen molar-refractivity contribution in [2.45, 2.75) is 18.9 Å². The topological polar surface area (TPSA) is 81.9 Å². The molecule has 19 heavy (non-hydrogen) atoms. The van der Waals surface area contributed by atoms with Crippen LogP contribution in [0.3, 0.4) is 0 Å². The highest BCUT2D eigenvalue weighted by Gasteiger charge is 2.34. The highest BCUT2D eigenvalue weighted by atomic mass is 32.2. The van der Waals surface area contributed by atoms with E-state index in [-0.39, 0.29) is 6.04 Å². The summed E-state index contributed by atoms with van der Waals surface area (Å²) in [5.41, 5.74) is 0.786. The number of ether oxygens (including phenoxy) is 2. The summed E-state index contributed by atoms with van der Waals surface area (Å²) in [5.74, 6) is 1.30. The van der Waals surface area contributed by atoms with Gasteiger partial charge in [-0.25, -0.2) is 5.14 Å². The second-order valence-electron chi connectivity index (χ2n) is 4.42. The summed E-state index contributed by atoms with van der Waals surface area (Å²) in [5, 5.41) is 5.26. The van der Waals surface area contributed by atoms with E-state index in [4.69, 9.17) is 14.6 Å². The number of rotatable bonds is 4. The van der Waals surface area contributed by atoms with Crippen molar-refractivity contribution >= 4 is 10.2 Å². The molecule has 1 aliphatic heterocycles. The van der Waals surface area contributed by atoms with Crippen LogP contribution in [-0.4, -0.2) is 33.5 Å². The first kappa shape index (κ1) is 14.1. The van der Waals surface area contributed by atoms with Gasteiger partial charge in [0.15, 0.2) is 0 Å². The average Bonchev–Trinajstić information content (AvgIpc) is 2.87. The standard InChI is InChI=1S/C12H18N2O4S/c1-17-9-5-6-12(18-2)10(8-9)11-4-3-7-14(11)19(13,15)16/h5-6,8,11H,3-4,7H2,1-2H3,(H2,13,15,16)/t11-/m1/s1. The first-order valence-electron chi connectivity index (χ1n) is 5.99. The summed E-state index contributed by atoms with van der Waals surface area (Å²) in [6.45, 7) is 0.434.